The van der Waals surface area contributed by atoms with Crippen LogP contribution in [0.4, 0.5) is 5.69 Å². The van der Waals surface area contributed by atoms with E-state index in [9.17, 15) is 12.6 Å². The predicted molar refractivity (Wildman–Crippen MR) is 209 cm³/mol. The van der Waals surface area contributed by atoms with E-state index in [2.05, 4.69) is 40.5 Å². The molecule has 8 nitrogen and oxygen atoms in total. The molecule has 4 heterocycles. The van der Waals surface area contributed by atoms with Crippen molar-refractivity contribution in [3.8, 4) is 5.75 Å². The zero-order chi connectivity index (χ0) is 36.0. The standard InChI is InChI=1S/C41H60N4O4S2/c1-31(2)9-8-10-32(3)21-28-49-35-11-14-37(15-12-35)51(47,48)40-30-42-39-16-13-36(50(4)46)29-38(39)41(40)45-26-19-34(20-27-45)44-24-17-33(18-25-44)43-22-6-5-7-23-43/h11-16,29-34H,5-10,17-28H2,1-4H3. The first-order valence-electron chi connectivity index (χ1n) is 19.6. The van der Waals surface area contributed by atoms with Gasteiger partial charge in [0.1, 0.15) is 10.6 Å². The number of benzene rings is 2. The number of fused-ring (bicyclic) bond motifs is 1. The molecular formula is C41H60N4O4S2. The molecule has 3 aromatic rings. The maximum absolute atomic E-state index is 14.4. The van der Waals surface area contributed by atoms with Crippen molar-refractivity contribution in [1.82, 2.24) is 14.8 Å². The van der Waals surface area contributed by atoms with Gasteiger partial charge in [0.05, 0.1) is 22.7 Å². The zero-order valence-corrected chi connectivity index (χ0v) is 33.0. The van der Waals surface area contributed by atoms with Crippen molar-refractivity contribution >= 4 is 37.2 Å². The lowest BCUT2D eigenvalue weighted by molar-refractivity contribution is 0.0654. The molecule has 0 spiro atoms. The summed E-state index contributed by atoms with van der Waals surface area (Å²) in [6.45, 7) is 13.8. The van der Waals surface area contributed by atoms with Crippen molar-refractivity contribution in [1.29, 1.82) is 0 Å². The summed E-state index contributed by atoms with van der Waals surface area (Å²) < 4.78 is 47.4. The van der Waals surface area contributed by atoms with Crippen LogP contribution in [-0.2, 0) is 20.6 Å². The van der Waals surface area contributed by atoms with E-state index < -0.39 is 20.6 Å². The van der Waals surface area contributed by atoms with Crippen molar-refractivity contribution in [2.24, 2.45) is 11.8 Å². The van der Waals surface area contributed by atoms with Crippen LogP contribution >= 0.6 is 0 Å². The Morgan fingerprint density at radius 3 is 2.12 bits per heavy atom. The Morgan fingerprint density at radius 1 is 0.824 bits per heavy atom. The molecule has 2 unspecified atom stereocenters. The molecule has 0 amide bonds. The number of sulfone groups is 1. The number of ether oxygens (including phenoxy) is 1. The number of likely N-dealkylation sites (tertiary alicyclic amines) is 2. The van der Waals surface area contributed by atoms with Gasteiger partial charge in [0, 0.05) is 58.7 Å². The monoisotopic (exact) mass is 736 g/mol. The summed E-state index contributed by atoms with van der Waals surface area (Å²) in [6.07, 6.45) is 16.4. The molecule has 0 bridgehead atoms. The van der Waals surface area contributed by atoms with E-state index in [1.807, 2.05) is 18.2 Å². The Labute approximate surface area is 309 Å². The zero-order valence-electron chi connectivity index (χ0n) is 31.4. The summed E-state index contributed by atoms with van der Waals surface area (Å²) >= 11 is 0. The Kier molecular flexibility index (Phi) is 13.1. The molecule has 3 aliphatic rings. The van der Waals surface area contributed by atoms with Crippen LogP contribution < -0.4 is 9.64 Å². The molecule has 0 radical (unpaired) electrons. The summed E-state index contributed by atoms with van der Waals surface area (Å²) in [5, 5.41) is 0.743. The minimum absolute atomic E-state index is 0.207. The molecule has 3 fully saturated rings. The molecule has 280 valence electrons. The number of hydrogen-bond donors (Lipinski definition) is 0. The molecule has 0 aliphatic carbocycles. The second-order valence-electron chi connectivity index (χ2n) is 15.7. The van der Waals surface area contributed by atoms with E-state index in [0.717, 1.165) is 62.8 Å². The Balaban J connectivity index is 1.16. The molecule has 0 saturated carbocycles. The number of hydrogen-bond acceptors (Lipinski definition) is 8. The van der Waals surface area contributed by atoms with Crippen molar-refractivity contribution in [3.63, 3.8) is 0 Å². The van der Waals surface area contributed by atoms with Crippen molar-refractivity contribution in [3.05, 3.63) is 48.7 Å². The number of pyridine rings is 1. The number of piperidine rings is 3. The number of anilines is 1. The van der Waals surface area contributed by atoms with E-state index in [-0.39, 0.29) is 9.79 Å². The maximum Gasteiger partial charge on any atom is 0.210 e. The minimum Gasteiger partial charge on any atom is -0.494 e. The third-order valence-electron chi connectivity index (χ3n) is 11.6. The Hall–Kier alpha value is -2.53. The molecule has 2 aromatic carbocycles. The molecule has 3 saturated heterocycles. The van der Waals surface area contributed by atoms with Crippen LogP contribution in [0.5, 0.6) is 5.75 Å². The van der Waals surface area contributed by atoms with Crippen LogP contribution in [-0.4, -0.2) is 91.6 Å². The lowest BCUT2D eigenvalue weighted by atomic mass is 9.95. The quantitative estimate of drug-likeness (QED) is 0.165. The molecule has 3 aliphatic heterocycles. The first-order valence-corrected chi connectivity index (χ1v) is 22.6. The molecule has 0 N–H and O–H groups in total. The fraction of sp³-hybridized carbons (Fsp3) is 0.634. The Morgan fingerprint density at radius 2 is 1.47 bits per heavy atom. The average Bonchev–Trinajstić information content (AvgIpc) is 3.14. The van der Waals surface area contributed by atoms with Gasteiger partial charge in [-0.05, 0) is 125 Å². The molecule has 6 rings (SSSR count). The first kappa shape index (κ1) is 38.2. The lowest BCUT2D eigenvalue weighted by Gasteiger charge is -2.45. The highest BCUT2D eigenvalue weighted by atomic mass is 32.2. The summed E-state index contributed by atoms with van der Waals surface area (Å²) in [6, 6.07) is 13.6. The van der Waals surface area contributed by atoms with Crippen LogP contribution in [0.25, 0.3) is 10.9 Å². The third-order valence-corrected chi connectivity index (χ3v) is 14.3. The summed E-state index contributed by atoms with van der Waals surface area (Å²) in [5.41, 5.74) is 1.39. The van der Waals surface area contributed by atoms with E-state index >= 15 is 0 Å². The van der Waals surface area contributed by atoms with Crippen LogP contribution in [0, 0.1) is 11.8 Å². The highest BCUT2D eigenvalue weighted by molar-refractivity contribution is 7.91. The fourth-order valence-electron chi connectivity index (χ4n) is 8.43. The van der Waals surface area contributed by atoms with Gasteiger partial charge in [-0.2, -0.15) is 0 Å². The summed E-state index contributed by atoms with van der Waals surface area (Å²) in [4.78, 5) is 13.4. The summed E-state index contributed by atoms with van der Waals surface area (Å²) in [7, 11) is -5.12. The topological polar surface area (TPSA) is 83.0 Å². The lowest BCUT2D eigenvalue weighted by Crippen LogP contribution is -2.52. The van der Waals surface area contributed by atoms with E-state index in [0.29, 0.717) is 40.4 Å². The minimum atomic E-state index is -3.91. The van der Waals surface area contributed by atoms with Crippen LogP contribution in [0.15, 0.2) is 63.3 Å². The molecule has 2 atom stereocenters. The van der Waals surface area contributed by atoms with Crippen LogP contribution in [0.1, 0.15) is 91.4 Å². The van der Waals surface area contributed by atoms with Crippen molar-refractivity contribution in [2.45, 2.75) is 118 Å². The number of nitrogens with zero attached hydrogens (tertiary/aromatic N) is 4. The second kappa shape index (κ2) is 17.5. The van der Waals surface area contributed by atoms with Gasteiger partial charge < -0.3 is 19.4 Å². The van der Waals surface area contributed by atoms with Gasteiger partial charge in [0.2, 0.25) is 9.84 Å². The van der Waals surface area contributed by atoms with Gasteiger partial charge in [-0.25, -0.2) is 8.42 Å². The SMILES string of the molecule is CC(C)CCCC(C)CCOc1ccc(S(=O)(=O)c2cnc3ccc(S(C)=O)cc3c2N2CCC(N3CCC(N4CCCCC4)CC3)CC2)cc1. The predicted octanol–water partition coefficient (Wildman–Crippen LogP) is 7.96. The van der Waals surface area contributed by atoms with Gasteiger partial charge in [-0.3, -0.25) is 9.19 Å². The molecule has 51 heavy (non-hydrogen) atoms. The maximum atomic E-state index is 14.4. The number of rotatable bonds is 14. The second-order valence-corrected chi connectivity index (χ2v) is 19.0. The van der Waals surface area contributed by atoms with E-state index in [4.69, 9.17) is 4.74 Å². The smallest absolute Gasteiger partial charge is 0.210 e. The molecular weight excluding hydrogens is 677 g/mol. The Bertz CT molecular complexity index is 1710. The number of aromatic nitrogens is 1. The highest BCUT2D eigenvalue weighted by Crippen LogP contribution is 2.39. The third kappa shape index (κ3) is 9.53. The molecule has 10 heteroatoms. The molecule has 1 aromatic heterocycles. The first-order chi connectivity index (χ1) is 24.6. The van der Waals surface area contributed by atoms with Crippen molar-refractivity contribution in [2.75, 3.05) is 57.0 Å². The summed E-state index contributed by atoms with van der Waals surface area (Å²) in [5.74, 6) is 2.00. The van der Waals surface area contributed by atoms with E-state index in [1.165, 1.54) is 70.7 Å². The van der Waals surface area contributed by atoms with Crippen LogP contribution in [0.2, 0.25) is 0 Å². The normalized spacial score (nSPS) is 20.2. The van der Waals surface area contributed by atoms with E-state index in [1.54, 1.807) is 30.5 Å². The van der Waals surface area contributed by atoms with Gasteiger partial charge >= 0.3 is 0 Å². The fourth-order valence-corrected chi connectivity index (χ4v) is 10.4. The van der Waals surface area contributed by atoms with Crippen molar-refractivity contribution < 1.29 is 17.4 Å². The van der Waals surface area contributed by atoms with Gasteiger partial charge in [-0.1, -0.05) is 46.5 Å². The van der Waals surface area contributed by atoms with Gasteiger partial charge in [0.15, 0.2) is 0 Å². The van der Waals surface area contributed by atoms with Gasteiger partial charge in [-0.15, -0.1) is 0 Å². The average molecular weight is 737 g/mol. The highest BCUT2D eigenvalue weighted by Gasteiger charge is 2.33. The largest absolute Gasteiger partial charge is 0.494 e. The van der Waals surface area contributed by atoms with Crippen LogP contribution in [0.3, 0.4) is 0 Å². The van der Waals surface area contributed by atoms with Gasteiger partial charge in [0.25, 0.3) is 0 Å².